The molecule has 2 aromatic heterocycles. The van der Waals surface area contributed by atoms with Gasteiger partial charge in [0.25, 0.3) is 0 Å². The fourth-order valence-electron chi connectivity index (χ4n) is 2.92. The molecule has 5 nitrogen and oxygen atoms in total. The monoisotopic (exact) mass is 350 g/mol. The number of imidazole rings is 1. The number of nitrogens with zero attached hydrogens (tertiary/aromatic N) is 4. The lowest BCUT2D eigenvalue weighted by Gasteiger charge is -2.35. The van der Waals surface area contributed by atoms with Gasteiger partial charge in [0, 0.05) is 43.2 Å². The van der Waals surface area contributed by atoms with Crippen molar-refractivity contribution >= 4 is 21.6 Å². The van der Waals surface area contributed by atoms with E-state index in [0.29, 0.717) is 0 Å². The van der Waals surface area contributed by atoms with Crippen LogP contribution in [-0.4, -0.2) is 32.7 Å². The van der Waals surface area contributed by atoms with Gasteiger partial charge in [0.2, 0.25) is 0 Å². The number of piperidine rings is 1. The van der Waals surface area contributed by atoms with Crippen molar-refractivity contribution in [3.8, 4) is 0 Å². The molecule has 1 fully saturated rings. The average Bonchev–Trinajstić information content (AvgIpc) is 2.93. The van der Waals surface area contributed by atoms with Crippen molar-refractivity contribution in [3.05, 3.63) is 41.2 Å². The van der Waals surface area contributed by atoms with Gasteiger partial charge in [-0.05, 0) is 40.8 Å². The zero-order valence-corrected chi connectivity index (χ0v) is 13.6. The Morgan fingerprint density at radius 2 is 2.10 bits per heavy atom. The Balaban J connectivity index is 1.64. The molecule has 1 unspecified atom stereocenters. The summed E-state index contributed by atoms with van der Waals surface area (Å²) >= 11 is 3.46. The average molecular weight is 351 g/mol. The molecule has 0 aromatic carbocycles. The molecule has 0 bridgehead atoms. The Kier molecular flexibility index (Phi) is 4.26. The number of hydrogen-bond donors (Lipinski definition) is 1. The molecular formula is C15H19BrN4O. The molecule has 1 N–H and O–H groups in total. The molecule has 1 aliphatic rings. The third kappa shape index (κ3) is 3.11. The van der Waals surface area contributed by atoms with Gasteiger partial charge in [-0.15, -0.1) is 0 Å². The Hall–Kier alpha value is -1.40. The number of aliphatic hydroxyl groups excluding tert-OH is 1. The number of aromatic nitrogens is 3. The zero-order chi connectivity index (χ0) is 14.8. The van der Waals surface area contributed by atoms with Crippen molar-refractivity contribution in [2.24, 2.45) is 13.0 Å². The second-order valence-electron chi connectivity index (χ2n) is 5.53. The largest absolute Gasteiger partial charge is 0.385 e. The topological polar surface area (TPSA) is 54.2 Å². The van der Waals surface area contributed by atoms with E-state index in [1.54, 1.807) is 12.4 Å². The molecular weight excluding hydrogens is 332 g/mol. The molecule has 1 saturated heterocycles. The van der Waals surface area contributed by atoms with Crippen LogP contribution >= 0.6 is 15.9 Å². The van der Waals surface area contributed by atoms with Gasteiger partial charge < -0.3 is 14.6 Å². The second-order valence-corrected chi connectivity index (χ2v) is 6.44. The summed E-state index contributed by atoms with van der Waals surface area (Å²) in [7, 11) is 1.92. The molecule has 21 heavy (non-hydrogen) atoms. The Morgan fingerprint density at radius 3 is 2.71 bits per heavy atom. The van der Waals surface area contributed by atoms with E-state index >= 15 is 0 Å². The summed E-state index contributed by atoms with van der Waals surface area (Å²) in [6.07, 6.45) is 8.73. The summed E-state index contributed by atoms with van der Waals surface area (Å²) in [5.74, 6) is 1.03. The molecule has 0 radical (unpaired) electrons. The van der Waals surface area contributed by atoms with Crippen molar-refractivity contribution < 1.29 is 5.11 Å². The predicted octanol–water partition coefficient (Wildman–Crippen LogP) is 2.53. The van der Waals surface area contributed by atoms with Gasteiger partial charge in [0.05, 0.1) is 11.9 Å². The van der Waals surface area contributed by atoms with Crippen LogP contribution in [0, 0.1) is 5.92 Å². The van der Waals surface area contributed by atoms with E-state index in [1.165, 1.54) is 0 Å². The standard InChI is InChI=1S/C15H19BrN4O/c1-19-7-4-18-15(19)14(21)11-2-5-20(6-3-11)13-8-12(16)9-17-10-13/h4,7-11,14,21H,2-3,5-6H2,1H3. The fraction of sp³-hybridized carbons (Fsp3) is 0.467. The molecule has 0 amide bonds. The highest BCUT2D eigenvalue weighted by Gasteiger charge is 2.28. The van der Waals surface area contributed by atoms with Crippen molar-refractivity contribution in [3.63, 3.8) is 0 Å². The summed E-state index contributed by atoms with van der Waals surface area (Å²) in [5, 5.41) is 10.5. The minimum Gasteiger partial charge on any atom is -0.385 e. The number of pyridine rings is 1. The first-order valence-corrected chi connectivity index (χ1v) is 7.95. The summed E-state index contributed by atoms with van der Waals surface area (Å²) in [6, 6.07) is 2.09. The van der Waals surface area contributed by atoms with Crippen LogP contribution in [0.3, 0.4) is 0 Å². The third-order valence-corrected chi connectivity index (χ3v) is 4.60. The van der Waals surface area contributed by atoms with Crippen molar-refractivity contribution in [2.75, 3.05) is 18.0 Å². The number of rotatable bonds is 3. The first-order valence-electron chi connectivity index (χ1n) is 7.16. The van der Waals surface area contributed by atoms with Crippen LogP contribution in [-0.2, 0) is 7.05 Å². The molecule has 112 valence electrons. The van der Waals surface area contributed by atoms with Crippen LogP contribution in [0.5, 0.6) is 0 Å². The summed E-state index contributed by atoms with van der Waals surface area (Å²) in [6.45, 7) is 1.87. The van der Waals surface area contributed by atoms with Gasteiger partial charge in [0.15, 0.2) is 0 Å². The maximum atomic E-state index is 10.5. The van der Waals surface area contributed by atoms with Crippen LogP contribution < -0.4 is 4.90 Å². The zero-order valence-electron chi connectivity index (χ0n) is 12.0. The highest BCUT2D eigenvalue weighted by molar-refractivity contribution is 9.10. The van der Waals surface area contributed by atoms with E-state index in [9.17, 15) is 5.11 Å². The highest BCUT2D eigenvalue weighted by Crippen LogP contribution is 2.31. The molecule has 2 aromatic rings. The van der Waals surface area contributed by atoms with Crippen molar-refractivity contribution in [1.82, 2.24) is 14.5 Å². The van der Waals surface area contributed by atoms with Crippen molar-refractivity contribution in [1.29, 1.82) is 0 Å². The summed E-state index contributed by atoms with van der Waals surface area (Å²) in [4.78, 5) is 10.8. The van der Waals surface area contributed by atoms with E-state index in [1.807, 2.05) is 24.0 Å². The molecule has 0 saturated carbocycles. The minimum absolute atomic E-state index is 0.266. The number of anilines is 1. The number of halogens is 1. The van der Waals surface area contributed by atoms with Gasteiger partial charge in [0.1, 0.15) is 11.9 Å². The highest BCUT2D eigenvalue weighted by atomic mass is 79.9. The molecule has 1 atom stereocenters. The Bertz CT molecular complexity index is 607. The summed E-state index contributed by atoms with van der Waals surface area (Å²) < 4.78 is 2.89. The molecule has 6 heteroatoms. The van der Waals surface area contributed by atoms with Gasteiger partial charge in [-0.3, -0.25) is 4.98 Å². The van der Waals surface area contributed by atoms with E-state index in [0.717, 1.165) is 41.9 Å². The predicted molar refractivity (Wildman–Crippen MR) is 85.0 cm³/mol. The minimum atomic E-state index is -0.479. The van der Waals surface area contributed by atoms with E-state index in [2.05, 4.69) is 36.9 Å². The summed E-state index contributed by atoms with van der Waals surface area (Å²) in [5.41, 5.74) is 1.13. The molecule has 3 rings (SSSR count). The molecule has 0 spiro atoms. The maximum absolute atomic E-state index is 10.5. The lowest BCUT2D eigenvalue weighted by Crippen LogP contribution is -2.36. The van der Waals surface area contributed by atoms with E-state index < -0.39 is 6.10 Å². The lowest BCUT2D eigenvalue weighted by molar-refractivity contribution is 0.0825. The normalized spacial score (nSPS) is 18.0. The van der Waals surface area contributed by atoms with Gasteiger partial charge >= 0.3 is 0 Å². The smallest absolute Gasteiger partial charge is 0.137 e. The Labute approximate surface area is 132 Å². The quantitative estimate of drug-likeness (QED) is 0.923. The molecule has 1 aliphatic heterocycles. The first-order chi connectivity index (χ1) is 10.1. The van der Waals surface area contributed by atoms with E-state index in [4.69, 9.17) is 0 Å². The number of aliphatic hydroxyl groups is 1. The Morgan fingerprint density at radius 1 is 1.33 bits per heavy atom. The first kappa shape index (κ1) is 14.5. The molecule has 0 aliphatic carbocycles. The molecule has 3 heterocycles. The van der Waals surface area contributed by atoms with Crippen molar-refractivity contribution in [2.45, 2.75) is 18.9 Å². The van der Waals surface area contributed by atoms with Crippen LogP contribution in [0.25, 0.3) is 0 Å². The maximum Gasteiger partial charge on any atom is 0.137 e. The van der Waals surface area contributed by atoms with Gasteiger partial charge in [-0.25, -0.2) is 4.98 Å². The number of aryl methyl sites for hydroxylation is 1. The van der Waals surface area contributed by atoms with E-state index in [-0.39, 0.29) is 5.92 Å². The third-order valence-electron chi connectivity index (χ3n) is 4.16. The van der Waals surface area contributed by atoms with Gasteiger partial charge in [-0.2, -0.15) is 0 Å². The van der Waals surface area contributed by atoms with Gasteiger partial charge in [-0.1, -0.05) is 0 Å². The fourth-order valence-corrected chi connectivity index (χ4v) is 3.27. The van der Waals surface area contributed by atoms with Crippen LogP contribution in [0.15, 0.2) is 35.3 Å². The SMILES string of the molecule is Cn1ccnc1C(O)C1CCN(c2cncc(Br)c2)CC1. The van der Waals surface area contributed by atoms with Crippen LogP contribution in [0.2, 0.25) is 0 Å². The second kappa shape index (κ2) is 6.15. The lowest BCUT2D eigenvalue weighted by atomic mass is 9.90. The number of hydrogen-bond acceptors (Lipinski definition) is 4. The van der Waals surface area contributed by atoms with Crippen LogP contribution in [0.4, 0.5) is 5.69 Å². The van der Waals surface area contributed by atoms with Crippen LogP contribution in [0.1, 0.15) is 24.8 Å².